The summed E-state index contributed by atoms with van der Waals surface area (Å²) in [5.74, 6) is -3.97. The van der Waals surface area contributed by atoms with Crippen molar-refractivity contribution in [1.29, 1.82) is 0 Å². The first-order valence-corrected chi connectivity index (χ1v) is 21.6. The van der Waals surface area contributed by atoms with Gasteiger partial charge in [-0.2, -0.15) is 0 Å². The van der Waals surface area contributed by atoms with Crippen LogP contribution in [0.2, 0.25) is 0 Å². The van der Waals surface area contributed by atoms with Gasteiger partial charge < -0.3 is 47.4 Å². The molecule has 2 aliphatic heterocycles. The zero-order valence-electron chi connectivity index (χ0n) is 38.4. The maximum Gasteiger partial charge on any atom is 0.338 e. The summed E-state index contributed by atoms with van der Waals surface area (Å²) in [6, 6.07) is 32.5. The van der Waals surface area contributed by atoms with Gasteiger partial charge in [-0.1, -0.05) is 107 Å². The van der Waals surface area contributed by atoms with Crippen molar-refractivity contribution >= 4 is 35.8 Å². The fraction of sp³-hybridized carbons (Fsp3) is 0.375. The van der Waals surface area contributed by atoms with Gasteiger partial charge in [0.05, 0.1) is 24.3 Å². The minimum absolute atomic E-state index is 0.0739. The molecule has 0 bridgehead atoms. The third-order valence-corrected chi connectivity index (χ3v) is 10.1. The van der Waals surface area contributed by atoms with Crippen LogP contribution in [0.25, 0.3) is 20.9 Å². The molecule has 10 atom stereocenters. The van der Waals surface area contributed by atoms with Gasteiger partial charge >= 0.3 is 35.8 Å². The monoisotopic (exact) mass is 966 g/mol. The van der Waals surface area contributed by atoms with Crippen molar-refractivity contribution in [2.24, 2.45) is 10.2 Å². The van der Waals surface area contributed by atoms with E-state index in [2.05, 4.69) is 20.1 Å². The van der Waals surface area contributed by atoms with Gasteiger partial charge in [0.15, 0.2) is 0 Å². The van der Waals surface area contributed by atoms with Crippen molar-refractivity contribution in [2.75, 3.05) is 13.2 Å². The van der Waals surface area contributed by atoms with Crippen LogP contribution in [0.3, 0.4) is 0 Å². The molecule has 368 valence electrons. The van der Waals surface area contributed by atoms with E-state index < -0.39 is 97.1 Å². The van der Waals surface area contributed by atoms with Gasteiger partial charge in [0, 0.05) is 37.5 Å². The summed E-state index contributed by atoms with van der Waals surface area (Å²) in [7, 11) is 0. The smallest absolute Gasteiger partial charge is 0.338 e. The fourth-order valence-corrected chi connectivity index (χ4v) is 7.15. The molecule has 6 rings (SSSR count). The van der Waals surface area contributed by atoms with E-state index in [0.29, 0.717) is 11.1 Å². The van der Waals surface area contributed by atoms with Gasteiger partial charge in [0.1, 0.15) is 61.9 Å². The minimum atomic E-state index is -1.32. The molecule has 2 saturated heterocycles. The van der Waals surface area contributed by atoms with Gasteiger partial charge in [-0.05, 0) is 46.5 Å². The molecule has 0 aliphatic carbocycles. The summed E-state index contributed by atoms with van der Waals surface area (Å²) in [4.78, 5) is 77.9. The first-order valence-electron chi connectivity index (χ1n) is 21.6. The van der Waals surface area contributed by atoms with Crippen molar-refractivity contribution in [3.63, 3.8) is 0 Å². The van der Waals surface area contributed by atoms with Crippen LogP contribution in [0.4, 0.5) is 0 Å². The Morgan fingerprint density at radius 1 is 0.471 bits per heavy atom. The molecule has 0 amide bonds. The molecule has 4 aromatic carbocycles. The quantitative estimate of drug-likeness (QED) is 0.0331. The molecular formula is C48H50N6O16. The van der Waals surface area contributed by atoms with Crippen molar-refractivity contribution in [1.82, 2.24) is 0 Å². The maximum absolute atomic E-state index is 12.4. The van der Waals surface area contributed by atoms with Gasteiger partial charge in [-0.3, -0.25) is 19.2 Å². The average molecular weight is 967 g/mol. The van der Waals surface area contributed by atoms with Crippen LogP contribution in [-0.2, 0) is 79.8 Å². The molecule has 0 aromatic heterocycles. The highest BCUT2D eigenvalue weighted by Gasteiger charge is 2.52. The number of esters is 6. The summed E-state index contributed by atoms with van der Waals surface area (Å²) in [6.45, 7) is 4.13. The molecule has 0 spiro atoms. The van der Waals surface area contributed by atoms with Crippen molar-refractivity contribution in [3.8, 4) is 0 Å². The highest BCUT2D eigenvalue weighted by molar-refractivity contribution is 5.89. The predicted octanol–water partition coefficient (Wildman–Crippen LogP) is 6.65. The van der Waals surface area contributed by atoms with Crippen LogP contribution in [0.5, 0.6) is 0 Å². The van der Waals surface area contributed by atoms with E-state index >= 15 is 0 Å². The molecule has 0 radical (unpaired) electrons. The number of azide groups is 2. The Balaban J connectivity index is 0.000000261. The standard InChI is InChI=1S/2C24H25N3O8/c2*1-15(28)33-21-19(14-32-23(30)18-11-7-4-8-12-18)35-24(34-16(2)29)22(20(21)26-27-25)31-13-17-9-5-3-6-10-17/h2*3-12,19-22,24H,13-14H2,1-2H3/t19?,20-,21-,22?,24+;19?,20-,21-,22?,24-/m00/s1. The van der Waals surface area contributed by atoms with Crippen molar-refractivity contribution < 1.29 is 76.1 Å². The van der Waals surface area contributed by atoms with Crippen LogP contribution in [0, 0.1) is 0 Å². The molecule has 2 heterocycles. The first kappa shape index (κ1) is 53.1. The van der Waals surface area contributed by atoms with E-state index in [4.69, 9.17) is 47.4 Å². The molecule has 0 N–H and O–H groups in total. The largest absolute Gasteiger partial charge is 0.459 e. The third-order valence-electron chi connectivity index (χ3n) is 10.1. The van der Waals surface area contributed by atoms with Gasteiger partial charge in [-0.25, -0.2) is 9.59 Å². The number of carbonyl (C=O) groups excluding carboxylic acids is 6. The third kappa shape index (κ3) is 16.2. The Kier molecular flexibility index (Phi) is 20.7. The molecule has 4 aromatic rings. The first-order chi connectivity index (χ1) is 33.8. The molecule has 4 unspecified atom stereocenters. The lowest BCUT2D eigenvalue weighted by molar-refractivity contribution is -0.280. The molecule has 70 heavy (non-hydrogen) atoms. The van der Waals surface area contributed by atoms with Crippen LogP contribution in [0.1, 0.15) is 59.5 Å². The summed E-state index contributed by atoms with van der Waals surface area (Å²) in [5.41, 5.74) is 20.7. The maximum atomic E-state index is 12.4. The number of hydrogen-bond acceptors (Lipinski definition) is 18. The highest BCUT2D eigenvalue weighted by Crippen LogP contribution is 2.32. The van der Waals surface area contributed by atoms with Gasteiger partial charge in [0.25, 0.3) is 0 Å². The second-order valence-corrected chi connectivity index (χ2v) is 15.3. The second kappa shape index (κ2) is 27.2. The molecule has 22 heteroatoms. The van der Waals surface area contributed by atoms with Crippen LogP contribution in [-0.4, -0.2) is 110 Å². The molecule has 2 fully saturated rings. The Bertz CT molecular complexity index is 2290. The lowest BCUT2D eigenvalue weighted by Crippen LogP contribution is -2.60. The molecular weight excluding hydrogens is 917 g/mol. The minimum Gasteiger partial charge on any atom is -0.459 e. The molecule has 22 nitrogen and oxygen atoms in total. The van der Waals surface area contributed by atoms with E-state index in [-0.39, 0.29) is 26.4 Å². The Hall–Kier alpha value is -7.84. The van der Waals surface area contributed by atoms with E-state index in [9.17, 15) is 39.8 Å². The lowest BCUT2D eigenvalue weighted by atomic mass is 9.96. The number of ether oxygens (including phenoxy) is 10. The normalized spacial score (nSPS) is 23.4. The zero-order valence-corrected chi connectivity index (χ0v) is 38.4. The average Bonchev–Trinajstić information content (AvgIpc) is 3.34. The van der Waals surface area contributed by atoms with E-state index in [0.717, 1.165) is 11.1 Å². The van der Waals surface area contributed by atoms with Gasteiger partial charge in [0.2, 0.25) is 12.6 Å². The number of rotatable bonds is 18. The number of hydrogen-bond donors (Lipinski definition) is 0. The predicted molar refractivity (Wildman–Crippen MR) is 241 cm³/mol. The van der Waals surface area contributed by atoms with Gasteiger partial charge in [-0.15, -0.1) is 0 Å². The van der Waals surface area contributed by atoms with Crippen LogP contribution >= 0.6 is 0 Å². The van der Waals surface area contributed by atoms with E-state index in [1.165, 1.54) is 27.7 Å². The molecule has 2 aliphatic rings. The number of nitrogens with zero attached hydrogens (tertiary/aromatic N) is 6. The van der Waals surface area contributed by atoms with E-state index in [1.54, 1.807) is 60.7 Å². The Labute approximate surface area is 401 Å². The summed E-state index contributed by atoms with van der Waals surface area (Å²) in [6.07, 6.45) is -9.44. The second-order valence-electron chi connectivity index (χ2n) is 15.3. The zero-order chi connectivity index (χ0) is 50.4. The summed E-state index contributed by atoms with van der Waals surface area (Å²) < 4.78 is 55.7. The summed E-state index contributed by atoms with van der Waals surface area (Å²) >= 11 is 0. The SMILES string of the molecule is CC(=O)O[C@@H]1OC(COC(=O)c2ccccc2)[C@H](OC(C)=O)[C@H](N=[N+]=[N-])C1OCc1ccccc1.CC(=O)O[C@H]1OC(COC(=O)c2ccccc2)[C@H](OC(C)=O)[C@H](N=[N+]=[N-])C1OCc1ccccc1. The Morgan fingerprint density at radius 2 is 0.786 bits per heavy atom. The lowest BCUT2D eigenvalue weighted by Gasteiger charge is -2.43. The number of benzene rings is 4. The topological polar surface area (TPSA) is 292 Å². The summed E-state index contributed by atoms with van der Waals surface area (Å²) in [5, 5.41) is 7.54. The Morgan fingerprint density at radius 3 is 1.09 bits per heavy atom. The van der Waals surface area contributed by atoms with Crippen molar-refractivity contribution in [3.05, 3.63) is 164 Å². The number of carbonyl (C=O) groups is 6. The molecule has 0 saturated carbocycles. The fourth-order valence-electron chi connectivity index (χ4n) is 7.15. The van der Waals surface area contributed by atoms with Crippen molar-refractivity contribution in [2.45, 2.75) is 102 Å². The van der Waals surface area contributed by atoms with Crippen LogP contribution < -0.4 is 0 Å². The van der Waals surface area contributed by atoms with Crippen LogP contribution in [0.15, 0.2) is 132 Å². The van der Waals surface area contributed by atoms with E-state index in [1.807, 2.05) is 60.7 Å². The highest BCUT2D eigenvalue weighted by atomic mass is 16.7.